The van der Waals surface area contributed by atoms with Gasteiger partial charge in [0.2, 0.25) is 19.7 Å². The molecule has 6 aromatic rings. The summed E-state index contributed by atoms with van der Waals surface area (Å²) in [6, 6.07) is 49.6. The molecule has 0 radical (unpaired) electrons. The molecule has 286 valence electrons. The standard InChI is InChI=1S/C22H23NO3S.C21H21NO3S.CH2O/c1-23(17-22(24)19-8-4-2-5-9-19)16-18-12-14-21(15-13-18)27(25,26)20-10-6-3-7-11-20;23-21(18-7-3-1-4-8-18)16-22-15-17-11-13-20(14-12-17)26(24,25)19-9-5-2-6-10-19;1-2/h2-15,22,24H,16-17H2,1H3;1-14,21-23H,15-16H2;1H2/t22-;21-;/m00./s1. The predicted molar refractivity (Wildman–Crippen MR) is 215 cm³/mol. The third-order valence-electron chi connectivity index (χ3n) is 8.55. The molecule has 0 aliphatic carbocycles. The first kappa shape index (κ1) is 42.5. The second-order valence-electron chi connectivity index (χ2n) is 12.6. The van der Waals surface area contributed by atoms with Gasteiger partial charge >= 0.3 is 0 Å². The highest BCUT2D eigenvalue weighted by molar-refractivity contribution is 7.91. The second kappa shape index (κ2) is 21.0. The molecule has 2 atom stereocenters. The van der Waals surface area contributed by atoms with Gasteiger partial charge in [0.25, 0.3) is 0 Å². The van der Waals surface area contributed by atoms with Crippen LogP contribution in [-0.2, 0) is 37.6 Å². The van der Waals surface area contributed by atoms with E-state index < -0.39 is 31.9 Å². The highest BCUT2D eigenvalue weighted by Gasteiger charge is 2.18. The van der Waals surface area contributed by atoms with E-state index in [1.54, 1.807) is 97.1 Å². The zero-order chi connectivity index (χ0) is 39.7. The first-order valence-electron chi connectivity index (χ1n) is 17.5. The molecule has 0 aliphatic rings. The van der Waals surface area contributed by atoms with Gasteiger partial charge in [-0.05, 0) is 77.8 Å². The van der Waals surface area contributed by atoms with E-state index in [4.69, 9.17) is 4.79 Å². The van der Waals surface area contributed by atoms with Gasteiger partial charge in [-0.1, -0.05) is 121 Å². The minimum Gasteiger partial charge on any atom is -0.387 e. The van der Waals surface area contributed by atoms with Crippen molar-refractivity contribution < 1.29 is 31.8 Å². The molecule has 55 heavy (non-hydrogen) atoms. The molecule has 0 saturated carbocycles. The van der Waals surface area contributed by atoms with Gasteiger partial charge in [0.1, 0.15) is 6.79 Å². The van der Waals surface area contributed by atoms with Crippen LogP contribution in [0.15, 0.2) is 189 Å². The Morgan fingerprint density at radius 1 is 0.509 bits per heavy atom. The van der Waals surface area contributed by atoms with Crippen LogP contribution < -0.4 is 5.32 Å². The van der Waals surface area contributed by atoms with Crippen molar-refractivity contribution in [2.24, 2.45) is 0 Å². The van der Waals surface area contributed by atoms with Crippen LogP contribution in [0.1, 0.15) is 34.5 Å². The third-order valence-corrected chi connectivity index (χ3v) is 12.1. The molecule has 0 amide bonds. The van der Waals surface area contributed by atoms with Crippen molar-refractivity contribution in [2.45, 2.75) is 44.9 Å². The molecule has 6 rings (SSSR count). The summed E-state index contributed by atoms with van der Waals surface area (Å²) in [7, 11) is -5.05. The summed E-state index contributed by atoms with van der Waals surface area (Å²) in [6.45, 7) is 4.09. The molecule has 11 heteroatoms. The average molecular weight is 779 g/mol. The minimum atomic E-state index is -3.49. The van der Waals surface area contributed by atoms with Crippen molar-refractivity contribution in [3.05, 3.63) is 192 Å². The van der Waals surface area contributed by atoms with E-state index in [1.165, 1.54) is 0 Å². The molecule has 0 fully saturated rings. The number of aliphatic hydroxyl groups excluding tert-OH is 2. The first-order valence-corrected chi connectivity index (χ1v) is 20.4. The van der Waals surface area contributed by atoms with Crippen LogP contribution in [0.5, 0.6) is 0 Å². The van der Waals surface area contributed by atoms with Crippen molar-refractivity contribution in [3.63, 3.8) is 0 Å². The quantitative estimate of drug-likeness (QED) is 0.108. The summed E-state index contributed by atoms with van der Waals surface area (Å²) >= 11 is 0. The second-order valence-corrected chi connectivity index (χ2v) is 16.5. The molecule has 0 spiro atoms. The Hall–Kier alpha value is -5.27. The average Bonchev–Trinajstić information content (AvgIpc) is 3.23. The topological polar surface area (TPSA) is 141 Å². The van der Waals surface area contributed by atoms with E-state index in [2.05, 4.69) is 5.32 Å². The van der Waals surface area contributed by atoms with Gasteiger partial charge in [-0.2, -0.15) is 0 Å². The smallest absolute Gasteiger partial charge is 0.206 e. The fraction of sp³-hybridized carbons (Fsp3) is 0.159. The maximum Gasteiger partial charge on any atom is 0.206 e. The number of aliphatic hydroxyl groups is 2. The van der Waals surface area contributed by atoms with Gasteiger partial charge in [0, 0.05) is 26.2 Å². The number of carbonyl (C=O) groups is 1. The number of carbonyl (C=O) groups excluding carboxylic acids is 1. The van der Waals surface area contributed by atoms with Crippen LogP contribution in [-0.4, -0.2) is 58.9 Å². The number of likely N-dealkylation sites (N-methyl/N-ethyl adjacent to an activating group) is 1. The van der Waals surface area contributed by atoms with Crippen LogP contribution in [0.25, 0.3) is 0 Å². The fourth-order valence-electron chi connectivity index (χ4n) is 5.63. The van der Waals surface area contributed by atoms with Crippen LogP contribution >= 0.6 is 0 Å². The van der Waals surface area contributed by atoms with E-state index >= 15 is 0 Å². The molecule has 0 aliphatic heterocycles. The van der Waals surface area contributed by atoms with E-state index in [1.807, 2.05) is 91.5 Å². The molecule has 0 bridgehead atoms. The molecule has 0 saturated heterocycles. The van der Waals surface area contributed by atoms with Gasteiger partial charge in [-0.25, -0.2) is 16.8 Å². The van der Waals surface area contributed by atoms with Gasteiger partial charge in [-0.3, -0.25) is 4.90 Å². The first-order chi connectivity index (χ1) is 26.5. The summed E-state index contributed by atoms with van der Waals surface area (Å²) in [5.74, 6) is 0. The van der Waals surface area contributed by atoms with Crippen LogP contribution in [0.3, 0.4) is 0 Å². The van der Waals surface area contributed by atoms with Crippen molar-refractivity contribution in [1.82, 2.24) is 10.2 Å². The minimum absolute atomic E-state index is 0.275. The number of rotatable bonds is 14. The Labute approximate surface area is 324 Å². The van der Waals surface area contributed by atoms with Gasteiger partial charge in [-0.15, -0.1) is 0 Å². The highest BCUT2D eigenvalue weighted by Crippen LogP contribution is 2.23. The molecule has 0 aromatic heterocycles. The van der Waals surface area contributed by atoms with E-state index in [0.29, 0.717) is 31.1 Å². The van der Waals surface area contributed by atoms with E-state index in [-0.39, 0.29) is 14.7 Å². The van der Waals surface area contributed by atoms with Crippen LogP contribution in [0, 0.1) is 0 Å². The number of benzene rings is 6. The Kier molecular flexibility index (Phi) is 16.2. The van der Waals surface area contributed by atoms with Gasteiger partial charge in [0.05, 0.1) is 31.8 Å². The van der Waals surface area contributed by atoms with Crippen LogP contribution in [0.2, 0.25) is 0 Å². The number of sulfone groups is 2. The molecule has 0 heterocycles. The zero-order valence-electron chi connectivity index (χ0n) is 30.6. The van der Waals surface area contributed by atoms with Crippen molar-refractivity contribution in [2.75, 3.05) is 20.1 Å². The van der Waals surface area contributed by atoms with E-state index in [9.17, 15) is 27.0 Å². The summed E-state index contributed by atoms with van der Waals surface area (Å²) in [4.78, 5) is 11.2. The van der Waals surface area contributed by atoms with Crippen molar-refractivity contribution in [3.8, 4) is 0 Å². The van der Waals surface area contributed by atoms with Crippen molar-refractivity contribution in [1.29, 1.82) is 0 Å². The lowest BCUT2D eigenvalue weighted by Crippen LogP contribution is -2.24. The molecule has 6 aromatic carbocycles. The maximum absolute atomic E-state index is 12.6. The predicted octanol–water partition coefficient (Wildman–Crippen LogP) is 6.84. The summed E-state index contributed by atoms with van der Waals surface area (Å²) in [5.41, 5.74) is 3.69. The van der Waals surface area contributed by atoms with Crippen molar-refractivity contribution >= 4 is 26.5 Å². The van der Waals surface area contributed by atoms with Crippen LogP contribution in [0.4, 0.5) is 0 Å². The molecule has 3 N–H and O–H groups in total. The zero-order valence-corrected chi connectivity index (χ0v) is 32.2. The molecule has 9 nitrogen and oxygen atoms in total. The lowest BCUT2D eigenvalue weighted by molar-refractivity contribution is -0.0980. The summed E-state index contributed by atoms with van der Waals surface area (Å²) in [6.07, 6.45) is -1.14. The number of hydrogen-bond acceptors (Lipinski definition) is 9. The molecular formula is C44H46N2O7S2. The highest BCUT2D eigenvalue weighted by atomic mass is 32.2. The Bertz CT molecular complexity index is 2230. The summed E-state index contributed by atoms with van der Waals surface area (Å²) < 4.78 is 50.4. The Morgan fingerprint density at radius 2 is 0.855 bits per heavy atom. The number of nitrogens with zero attached hydrogens (tertiary/aromatic N) is 1. The Morgan fingerprint density at radius 3 is 1.27 bits per heavy atom. The lowest BCUT2D eigenvalue weighted by atomic mass is 10.1. The largest absolute Gasteiger partial charge is 0.387 e. The molecular weight excluding hydrogens is 733 g/mol. The monoisotopic (exact) mass is 778 g/mol. The number of hydrogen-bond donors (Lipinski definition) is 3. The van der Waals surface area contributed by atoms with Gasteiger partial charge < -0.3 is 20.3 Å². The lowest BCUT2D eigenvalue weighted by Gasteiger charge is -2.21. The van der Waals surface area contributed by atoms with Gasteiger partial charge in [0.15, 0.2) is 0 Å². The number of nitrogens with one attached hydrogen (secondary N) is 1. The summed E-state index contributed by atoms with van der Waals surface area (Å²) in [5, 5.41) is 23.6. The SMILES string of the molecule is C=O.CN(Cc1ccc(S(=O)(=O)c2ccccc2)cc1)C[C@H](O)c1ccccc1.O=S(=O)(c1ccccc1)c1ccc(CNC[C@H](O)c2ccccc2)cc1. The normalized spacial score (nSPS) is 12.4. The maximum atomic E-state index is 12.6. The fourth-order valence-corrected chi connectivity index (χ4v) is 8.19. The molecule has 0 unspecified atom stereocenters. The third kappa shape index (κ3) is 12.4. The van der Waals surface area contributed by atoms with E-state index in [0.717, 1.165) is 22.3 Å². The Balaban J connectivity index is 0.000000234.